The Morgan fingerprint density at radius 2 is 1.91 bits per heavy atom. The molecule has 112 valence electrons. The molecule has 23 heavy (non-hydrogen) atoms. The van der Waals surface area contributed by atoms with E-state index in [1.165, 1.54) is 6.33 Å². The molecule has 0 unspecified atom stereocenters. The van der Waals surface area contributed by atoms with Crippen LogP contribution in [0.3, 0.4) is 0 Å². The van der Waals surface area contributed by atoms with Gasteiger partial charge in [0, 0.05) is 23.3 Å². The lowest BCUT2D eigenvalue weighted by atomic mass is 10.1. The third-order valence-corrected chi connectivity index (χ3v) is 3.51. The van der Waals surface area contributed by atoms with Gasteiger partial charge in [-0.15, -0.1) is 0 Å². The van der Waals surface area contributed by atoms with Crippen molar-refractivity contribution in [3.05, 3.63) is 73.0 Å². The van der Waals surface area contributed by atoms with E-state index in [1.54, 1.807) is 18.7 Å². The number of hydrogen-bond acceptors (Lipinski definition) is 5. The Morgan fingerprint density at radius 1 is 1.00 bits per heavy atom. The molecule has 4 rings (SSSR count). The third kappa shape index (κ3) is 2.76. The Hall–Kier alpha value is -3.21. The first-order valence-electron chi connectivity index (χ1n) is 7.20. The Kier molecular flexibility index (Phi) is 3.44. The van der Waals surface area contributed by atoms with Crippen LogP contribution in [0.1, 0.15) is 5.56 Å². The molecule has 3 heterocycles. The smallest absolute Gasteiger partial charge is 0.225 e. The van der Waals surface area contributed by atoms with E-state index in [0.717, 1.165) is 22.1 Å². The Morgan fingerprint density at radius 3 is 2.83 bits per heavy atom. The molecule has 0 N–H and O–H groups in total. The van der Waals surface area contributed by atoms with Gasteiger partial charge in [0.15, 0.2) is 0 Å². The zero-order valence-corrected chi connectivity index (χ0v) is 12.2. The van der Waals surface area contributed by atoms with E-state index in [2.05, 4.69) is 15.0 Å². The fourth-order valence-corrected chi connectivity index (χ4v) is 2.36. The maximum atomic E-state index is 5.87. The number of pyridine rings is 1. The highest BCUT2D eigenvalue weighted by molar-refractivity contribution is 5.80. The van der Waals surface area contributed by atoms with Gasteiger partial charge in [0.05, 0.1) is 11.8 Å². The van der Waals surface area contributed by atoms with Crippen molar-refractivity contribution < 1.29 is 9.15 Å². The minimum atomic E-state index is 0.451. The average molecular weight is 303 g/mol. The summed E-state index contributed by atoms with van der Waals surface area (Å²) >= 11 is 0. The fourth-order valence-electron chi connectivity index (χ4n) is 2.36. The lowest BCUT2D eigenvalue weighted by Gasteiger charge is -2.09. The molecule has 0 fully saturated rings. The van der Waals surface area contributed by atoms with Crippen molar-refractivity contribution in [3.63, 3.8) is 0 Å². The molecule has 0 aliphatic heterocycles. The van der Waals surface area contributed by atoms with E-state index < -0.39 is 0 Å². The number of rotatable bonds is 4. The summed E-state index contributed by atoms with van der Waals surface area (Å²) in [4.78, 5) is 12.7. The molecular weight excluding hydrogens is 290 g/mol. The van der Waals surface area contributed by atoms with Crippen LogP contribution >= 0.6 is 0 Å². The first-order chi connectivity index (χ1) is 11.4. The summed E-state index contributed by atoms with van der Waals surface area (Å²) in [6, 6.07) is 13.8. The molecule has 3 aromatic heterocycles. The quantitative estimate of drug-likeness (QED) is 0.573. The molecule has 0 aliphatic rings. The summed E-state index contributed by atoms with van der Waals surface area (Å²) in [7, 11) is 0. The number of fused-ring (bicyclic) bond motifs is 1. The van der Waals surface area contributed by atoms with Gasteiger partial charge in [0.1, 0.15) is 12.9 Å². The normalized spacial score (nSPS) is 10.8. The summed E-state index contributed by atoms with van der Waals surface area (Å²) < 4.78 is 11.1. The zero-order valence-electron chi connectivity index (χ0n) is 12.2. The number of hydrogen-bond donors (Lipinski definition) is 0. The van der Waals surface area contributed by atoms with Crippen LogP contribution in [-0.2, 0) is 6.61 Å². The summed E-state index contributed by atoms with van der Waals surface area (Å²) in [6.07, 6.45) is 6.57. The van der Waals surface area contributed by atoms with Gasteiger partial charge < -0.3 is 9.15 Å². The van der Waals surface area contributed by atoms with Gasteiger partial charge in [-0.2, -0.15) is 0 Å². The first-order valence-corrected chi connectivity index (χ1v) is 7.20. The van der Waals surface area contributed by atoms with E-state index >= 15 is 0 Å². The fraction of sp³-hybridized carbons (Fsp3) is 0.0556. The standard InChI is InChI=1S/C18H13N3O2/c1-2-4-13(5-3-1)11-23-18-16(10-19-12-21-18)15-8-14-6-7-22-17(14)20-9-15/h1-10,12H,11H2. The van der Waals surface area contributed by atoms with Gasteiger partial charge in [-0.05, 0) is 17.7 Å². The minimum Gasteiger partial charge on any atom is -0.472 e. The van der Waals surface area contributed by atoms with Crippen molar-refractivity contribution in [1.82, 2.24) is 15.0 Å². The molecule has 0 aliphatic carbocycles. The van der Waals surface area contributed by atoms with Crippen LogP contribution in [0.25, 0.3) is 22.2 Å². The van der Waals surface area contributed by atoms with Crippen molar-refractivity contribution in [2.75, 3.05) is 0 Å². The van der Waals surface area contributed by atoms with Gasteiger partial charge >= 0.3 is 0 Å². The molecular formula is C18H13N3O2. The predicted octanol–water partition coefficient (Wildman–Crippen LogP) is 3.86. The highest BCUT2D eigenvalue weighted by atomic mass is 16.5. The van der Waals surface area contributed by atoms with Gasteiger partial charge in [-0.3, -0.25) is 0 Å². The Bertz CT molecular complexity index is 935. The first kappa shape index (κ1) is 13.5. The lowest BCUT2D eigenvalue weighted by molar-refractivity contribution is 0.294. The second-order valence-electron chi connectivity index (χ2n) is 5.05. The van der Waals surface area contributed by atoms with Crippen molar-refractivity contribution in [1.29, 1.82) is 0 Å². The molecule has 0 atom stereocenters. The van der Waals surface area contributed by atoms with Crippen molar-refractivity contribution in [3.8, 4) is 17.0 Å². The molecule has 0 saturated carbocycles. The number of nitrogens with zero attached hydrogens (tertiary/aromatic N) is 3. The number of aromatic nitrogens is 3. The van der Waals surface area contributed by atoms with Gasteiger partial charge in [-0.1, -0.05) is 30.3 Å². The summed E-state index contributed by atoms with van der Waals surface area (Å²) in [5.74, 6) is 0.536. The van der Waals surface area contributed by atoms with E-state index in [-0.39, 0.29) is 0 Å². The van der Waals surface area contributed by atoms with Crippen LogP contribution in [0.2, 0.25) is 0 Å². The van der Waals surface area contributed by atoms with E-state index in [1.807, 2.05) is 42.5 Å². The van der Waals surface area contributed by atoms with Crippen molar-refractivity contribution >= 4 is 11.1 Å². The van der Waals surface area contributed by atoms with Gasteiger partial charge in [0.25, 0.3) is 0 Å². The van der Waals surface area contributed by atoms with Crippen molar-refractivity contribution in [2.45, 2.75) is 6.61 Å². The summed E-state index contributed by atoms with van der Waals surface area (Å²) in [5, 5.41) is 0.931. The average Bonchev–Trinajstić information content (AvgIpc) is 3.09. The zero-order chi connectivity index (χ0) is 15.5. The number of benzene rings is 1. The van der Waals surface area contributed by atoms with Crippen LogP contribution in [0, 0.1) is 0 Å². The molecule has 0 saturated heterocycles. The molecule has 5 nitrogen and oxygen atoms in total. The Balaban J connectivity index is 1.66. The highest BCUT2D eigenvalue weighted by Gasteiger charge is 2.10. The third-order valence-electron chi connectivity index (χ3n) is 3.51. The highest BCUT2D eigenvalue weighted by Crippen LogP contribution is 2.29. The maximum Gasteiger partial charge on any atom is 0.225 e. The molecule has 0 bridgehead atoms. The summed E-state index contributed by atoms with van der Waals surface area (Å²) in [6.45, 7) is 0.451. The van der Waals surface area contributed by atoms with Crippen molar-refractivity contribution in [2.24, 2.45) is 0 Å². The summed E-state index contributed by atoms with van der Waals surface area (Å²) in [5.41, 5.74) is 3.39. The second-order valence-corrected chi connectivity index (χ2v) is 5.05. The molecule has 0 spiro atoms. The lowest BCUT2D eigenvalue weighted by Crippen LogP contribution is -1.99. The topological polar surface area (TPSA) is 61.0 Å². The second kappa shape index (κ2) is 5.88. The van der Waals surface area contributed by atoms with Crippen LogP contribution in [0.4, 0.5) is 0 Å². The Labute approximate surface area is 132 Å². The van der Waals surface area contributed by atoms with Crippen LogP contribution in [0.5, 0.6) is 5.88 Å². The van der Waals surface area contributed by atoms with E-state index in [4.69, 9.17) is 9.15 Å². The molecule has 1 aromatic carbocycles. The van der Waals surface area contributed by atoms with Crippen LogP contribution < -0.4 is 4.74 Å². The maximum absolute atomic E-state index is 5.87. The van der Waals surface area contributed by atoms with E-state index in [9.17, 15) is 0 Å². The van der Waals surface area contributed by atoms with Crippen LogP contribution in [-0.4, -0.2) is 15.0 Å². The molecule has 0 amide bonds. The number of furan rings is 1. The molecule has 5 heteroatoms. The molecule has 0 radical (unpaired) electrons. The van der Waals surface area contributed by atoms with Gasteiger partial charge in [-0.25, -0.2) is 15.0 Å². The van der Waals surface area contributed by atoms with Crippen LogP contribution in [0.15, 0.2) is 71.9 Å². The largest absolute Gasteiger partial charge is 0.472 e. The minimum absolute atomic E-state index is 0.451. The SMILES string of the molecule is c1ccc(COc2ncncc2-c2cnc3occc3c2)cc1. The monoisotopic (exact) mass is 303 g/mol. The number of ether oxygens (including phenoxy) is 1. The predicted molar refractivity (Wildman–Crippen MR) is 85.8 cm³/mol. The molecule has 4 aromatic rings. The van der Waals surface area contributed by atoms with Gasteiger partial charge in [0.2, 0.25) is 11.6 Å². The van der Waals surface area contributed by atoms with E-state index in [0.29, 0.717) is 18.2 Å².